The first-order valence-electron chi connectivity index (χ1n) is 7.23. The molecule has 0 aliphatic rings. The van der Waals surface area contributed by atoms with E-state index in [1.807, 2.05) is 0 Å². The lowest BCUT2D eigenvalue weighted by atomic mass is 10.1. The summed E-state index contributed by atoms with van der Waals surface area (Å²) in [6.45, 7) is -0.316. The van der Waals surface area contributed by atoms with E-state index in [1.54, 1.807) is 12.1 Å². The molecule has 5 nitrogen and oxygen atoms in total. The quantitative estimate of drug-likeness (QED) is 0.795. The fraction of sp³-hybridized carbons (Fsp3) is 0.176. The van der Waals surface area contributed by atoms with Gasteiger partial charge in [-0.2, -0.15) is 0 Å². The minimum absolute atomic E-state index is 0.144. The van der Waals surface area contributed by atoms with Crippen molar-refractivity contribution in [3.8, 4) is 5.75 Å². The third kappa shape index (κ3) is 6.04. The Balaban J connectivity index is 1.64. The summed E-state index contributed by atoms with van der Waals surface area (Å²) in [4.78, 5) is 23.1. The molecule has 0 saturated carbocycles. The normalized spacial score (nSPS) is 10.1. The molecule has 0 spiro atoms. The molecule has 2 rings (SSSR count). The van der Waals surface area contributed by atoms with Gasteiger partial charge < -0.3 is 4.74 Å². The molecule has 2 amide bonds. The molecular weight excluding hydrogens is 318 g/mol. The predicted molar refractivity (Wildman–Crippen MR) is 82.9 cm³/mol. The van der Waals surface area contributed by atoms with Crippen LogP contribution in [0.1, 0.15) is 12.0 Å². The molecule has 0 unspecified atom stereocenters. The minimum atomic E-state index is -0.547. The third-order valence-corrected chi connectivity index (χ3v) is 3.08. The van der Waals surface area contributed by atoms with E-state index in [0.29, 0.717) is 12.2 Å². The van der Waals surface area contributed by atoms with Crippen LogP contribution in [0.25, 0.3) is 0 Å². The average molecular weight is 334 g/mol. The van der Waals surface area contributed by atoms with Crippen LogP contribution < -0.4 is 15.6 Å². The van der Waals surface area contributed by atoms with Gasteiger partial charge in [0, 0.05) is 6.42 Å². The Labute approximate surface area is 137 Å². The van der Waals surface area contributed by atoms with Crippen molar-refractivity contribution < 1.29 is 23.1 Å². The molecule has 0 aliphatic carbocycles. The standard InChI is InChI=1S/C17H16F2N2O3/c18-13-4-1-12(2-5-13)3-10-16(22)20-21-17(23)11-24-15-8-6-14(19)7-9-15/h1-2,4-9H,3,10-11H2,(H,20,22)(H,21,23). The molecule has 0 heterocycles. The monoisotopic (exact) mass is 334 g/mol. The summed E-state index contributed by atoms with van der Waals surface area (Å²) in [5.41, 5.74) is 5.29. The largest absolute Gasteiger partial charge is 0.484 e. The molecule has 2 aromatic rings. The smallest absolute Gasteiger partial charge is 0.276 e. The van der Waals surface area contributed by atoms with Crippen LogP contribution in [0.5, 0.6) is 5.75 Å². The number of carbonyl (C=O) groups is 2. The average Bonchev–Trinajstić information content (AvgIpc) is 2.59. The summed E-state index contributed by atoms with van der Waals surface area (Å²) in [7, 11) is 0. The first-order valence-corrected chi connectivity index (χ1v) is 7.23. The number of rotatable bonds is 6. The van der Waals surface area contributed by atoms with Gasteiger partial charge in [0.15, 0.2) is 6.61 Å². The highest BCUT2D eigenvalue weighted by Crippen LogP contribution is 2.10. The maximum Gasteiger partial charge on any atom is 0.276 e. The number of amides is 2. The highest BCUT2D eigenvalue weighted by molar-refractivity contribution is 5.82. The van der Waals surface area contributed by atoms with Gasteiger partial charge in [-0.05, 0) is 48.4 Å². The Hall–Kier alpha value is -2.96. The Morgan fingerprint density at radius 2 is 1.38 bits per heavy atom. The molecule has 126 valence electrons. The van der Waals surface area contributed by atoms with Crippen LogP contribution in [-0.2, 0) is 16.0 Å². The molecule has 0 fully saturated rings. The zero-order valence-electron chi connectivity index (χ0n) is 12.7. The second-order valence-electron chi connectivity index (χ2n) is 4.97. The van der Waals surface area contributed by atoms with Crippen LogP contribution in [0.15, 0.2) is 48.5 Å². The molecule has 0 atom stereocenters. The predicted octanol–water partition coefficient (Wildman–Crippen LogP) is 2.12. The van der Waals surface area contributed by atoms with E-state index in [9.17, 15) is 18.4 Å². The highest BCUT2D eigenvalue weighted by Gasteiger charge is 2.06. The highest BCUT2D eigenvalue weighted by atomic mass is 19.1. The van der Waals surface area contributed by atoms with E-state index >= 15 is 0 Å². The molecule has 2 aromatic carbocycles. The maximum absolute atomic E-state index is 12.8. The fourth-order valence-corrected chi connectivity index (χ4v) is 1.83. The lowest BCUT2D eigenvalue weighted by Gasteiger charge is -2.09. The van der Waals surface area contributed by atoms with Crippen molar-refractivity contribution in [2.45, 2.75) is 12.8 Å². The van der Waals surface area contributed by atoms with Gasteiger partial charge >= 0.3 is 0 Å². The van der Waals surface area contributed by atoms with Gasteiger partial charge in [0.05, 0.1) is 0 Å². The topological polar surface area (TPSA) is 67.4 Å². The summed E-state index contributed by atoms with van der Waals surface area (Å²) in [5, 5.41) is 0. The van der Waals surface area contributed by atoms with E-state index in [-0.39, 0.29) is 24.8 Å². The number of aryl methyl sites for hydroxylation is 1. The summed E-state index contributed by atoms with van der Waals surface area (Å²) >= 11 is 0. The van der Waals surface area contributed by atoms with Crippen LogP contribution in [0.4, 0.5) is 8.78 Å². The number of ether oxygens (including phenoxy) is 1. The van der Waals surface area contributed by atoms with Crippen molar-refractivity contribution >= 4 is 11.8 Å². The van der Waals surface area contributed by atoms with Crippen molar-refractivity contribution in [2.75, 3.05) is 6.61 Å². The fourth-order valence-electron chi connectivity index (χ4n) is 1.83. The van der Waals surface area contributed by atoms with E-state index < -0.39 is 11.7 Å². The van der Waals surface area contributed by atoms with Crippen LogP contribution in [-0.4, -0.2) is 18.4 Å². The number of hydrogen-bond acceptors (Lipinski definition) is 3. The summed E-state index contributed by atoms with van der Waals surface area (Å²) < 4.78 is 30.6. The van der Waals surface area contributed by atoms with Gasteiger partial charge in [0.1, 0.15) is 17.4 Å². The number of nitrogens with one attached hydrogen (secondary N) is 2. The first kappa shape index (κ1) is 17.4. The second kappa shape index (κ2) is 8.61. The van der Waals surface area contributed by atoms with Crippen molar-refractivity contribution in [3.63, 3.8) is 0 Å². The van der Waals surface area contributed by atoms with Gasteiger partial charge in [0.2, 0.25) is 5.91 Å². The van der Waals surface area contributed by atoms with Gasteiger partial charge in [0.25, 0.3) is 5.91 Å². The molecule has 7 heteroatoms. The van der Waals surface area contributed by atoms with Crippen molar-refractivity contribution in [1.29, 1.82) is 0 Å². The molecule has 0 saturated heterocycles. The molecule has 0 aromatic heterocycles. The molecule has 0 aliphatic heterocycles. The van der Waals surface area contributed by atoms with Crippen molar-refractivity contribution in [2.24, 2.45) is 0 Å². The summed E-state index contributed by atoms with van der Waals surface area (Å²) in [6.07, 6.45) is 0.568. The van der Waals surface area contributed by atoms with Gasteiger partial charge in [-0.15, -0.1) is 0 Å². The number of halogens is 2. The number of carbonyl (C=O) groups excluding carboxylic acids is 2. The molecule has 24 heavy (non-hydrogen) atoms. The van der Waals surface area contributed by atoms with Crippen LogP contribution in [0, 0.1) is 11.6 Å². The number of benzene rings is 2. The first-order chi connectivity index (χ1) is 11.5. The Kier molecular flexibility index (Phi) is 6.24. The van der Waals surface area contributed by atoms with Crippen molar-refractivity contribution in [3.05, 3.63) is 65.7 Å². The molecular formula is C17H16F2N2O3. The summed E-state index contributed by atoms with van der Waals surface area (Å²) in [5.74, 6) is -1.32. The van der Waals surface area contributed by atoms with E-state index in [0.717, 1.165) is 5.56 Å². The number of hydrazine groups is 1. The molecule has 0 radical (unpaired) electrons. The van der Waals surface area contributed by atoms with E-state index in [4.69, 9.17) is 4.74 Å². The zero-order chi connectivity index (χ0) is 17.4. The van der Waals surface area contributed by atoms with Gasteiger partial charge in [-0.1, -0.05) is 12.1 Å². The number of hydrogen-bond donors (Lipinski definition) is 2. The lowest BCUT2D eigenvalue weighted by molar-refractivity contribution is -0.130. The maximum atomic E-state index is 12.8. The van der Waals surface area contributed by atoms with Crippen LogP contribution in [0.3, 0.4) is 0 Å². The van der Waals surface area contributed by atoms with E-state index in [1.165, 1.54) is 36.4 Å². The summed E-state index contributed by atoms with van der Waals surface area (Å²) in [6, 6.07) is 11.0. The SMILES string of the molecule is O=C(CCc1ccc(F)cc1)NNC(=O)COc1ccc(F)cc1. The zero-order valence-corrected chi connectivity index (χ0v) is 12.7. The van der Waals surface area contributed by atoms with Gasteiger partial charge in [-0.25, -0.2) is 8.78 Å². The van der Waals surface area contributed by atoms with Crippen molar-refractivity contribution in [1.82, 2.24) is 10.9 Å². The Morgan fingerprint density at radius 1 is 0.833 bits per heavy atom. The lowest BCUT2D eigenvalue weighted by Crippen LogP contribution is -2.43. The van der Waals surface area contributed by atoms with E-state index in [2.05, 4.69) is 10.9 Å². The second-order valence-corrected chi connectivity index (χ2v) is 4.97. The minimum Gasteiger partial charge on any atom is -0.484 e. The Morgan fingerprint density at radius 3 is 2.00 bits per heavy atom. The van der Waals surface area contributed by atoms with Crippen LogP contribution >= 0.6 is 0 Å². The molecule has 0 bridgehead atoms. The Bertz CT molecular complexity index is 626. The third-order valence-electron chi connectivity index (χ3n) is 3.08. The molecule has 2 N–H and O–H groups in total. The van der Waals surface area contributed by atoms with Gasteiger partial charge in [-0.3, -0.25) is 20.4 Å². The van der Waals surface area contributed by atoms with Crippen LogP contribution in [0.2, 0.25) is 0 Å².